The quantitative estimate of drug-likeness (QED) is 0.858. The van der Waals surface area contributed by atoms with E-state index in [-0.39, 0.29) is 6.54 Å². The second kappa shape index (κ2) is 5.45. The van der Waals surface area contributed by atoms with E-state index in [0.29, 0.717) is 12.3 Å². The van der Waals surface area contributed by atoms with E-state index in [1.165, 1.54) is 11.3 Å². The number of aryl methyl sites for hydroxylation is 2. The first-order valence-corrected chi connectivity index (χ1v) is 6.50. The molecule has 0 fully saturated rings. The van der Waals surface area contributed by atoms with Crippen LogP contribution in [0.15, 0.2) is 21.2 Å². The predicted molar refractivity (Wildman–Crippen MR) is 66.7 cm³/mol. The number of H-pyrrole nitrogens is 1. The number of alkyl halides is 1. The van der Waals surface area contributed by atoms with E-state index in [1.807, 2.05) is 10.4 Å². The van der Waals surface area contributed by atoms with Gasteiger partial charge in [0.1, 0.15) is 0 Å². The second-order valence-corrected chi connectivity index (χ2v) is 4.76. The van der Waals surface area contributed by atoms with Gasteiger partial charge in [0, 0.05) is 18.3 Å². The Morgan fingerprint density at radius 2 is 2.28 bits per heavy atom. The molecular formula is C10H9ClFN3O2S. The number of thiazole rings is 1. The molecule has 18 heavy (non-hydrogen) atoms. The largest absolute Gasteiger partial charge is 0.328 e. The Balaban J connectivity index is 2.13. The molecule has 0 aliphatic carbocycles. The predicted octanol–water partition coefficient (Wildman–Crippen LogP) is 1.11. The molecule has 0 aliphatic rings. The van der Waals surface area contributed by atoms with Gasteiger partial charge in [-0.1, -0.05) is 0 Å². The second-order valence-electron chi connectivity index (χ2n) is 3.55. The van der Waals surface area contributed by atoms with Gasteiger partial charge < -0.3 is 0 Å². The molecule has 2 aromatic rings. The molecule has 0 spiro atoms. The minimum atomic E-state index is -1.00. The fourth-order valence-electron chi connectivity index (χ4n) is 1.39. The van der Waals surface area contributed by atoms with Crippen LogP contribution in [-0.2, 0) is 18.8 Å². The maximum absolute atomic E-state index is 13.0. The monoisotopic (exact) mass is 289 g/mol. The molecule has 96 valence electrons. The number of halogens is 2. The van der Waals surface area contributed by atoms with E-state index in [1.54, 1.807) is 0 Å². The Labute approximate surface area is 110 Å². The Morgan fingerprint density at radius 3 is 2.94 bits per heavy atom. The lowest BCUT2D eigenvalue weighted by Gasteiger charge is -2.02. The fraction of sp³-hybridized carbons (Fsp3) is 0.300. The maximum atomic E-state index is 13.0. The van der Waals surface area contributed by atoms with Gasteiger partial charge in [-0.2, -0.15) is 4.39 Å². The average Bonchev–Trinajstić information content (AvgIpc) is 2.80. The summed E-state index contributed by atoms with van der Waals surface area (Å²) in [4.78, 5) is 28.3. The standard InChI is InChI=1S/C10H9ClFN3O2S/c11-3-6-5-18-8(13-6)1-2-15-4-7(12)9(16)14-10(15)17/h4-5H,1-3H2,(H,14,16,17). The van der Waals surface area contributed by atoms with E-state index in [0.717, 1.165) is 21.5 Å². The summed E-state index contributed by atoms with van der Waals surface area (Å²) in [5, 5.41) is 2.64. The van der Waals surface area contributed by atoms with Crippen molar-refractivity contribution in [1.29, 1.82) is 0 Å². The number of nitrogens with zero attached hydrogens (tertiary/aromatic N) is 2. The van der Waals surface area contributed by atoms with Crippen LogP contribution in [0, 0.1) is 5.82 Å². The molecule has 0 saturated carbocycles. The highest BCUT2D eigenvalue weighted by atomic mass is 35.5. The van der Waals surface area contributed by atoms with Crippen LogP contribution in [0.2, 0.25) is 0 Å². The number of aromatic amines is 1. The zero-order valence-electron chi connectivity index (χ0n) is 9.15. The Bertz CT molecular complexity index is 664. The van der Waals surface area contributed by atoms with E-state index in [2.05, 4.69) is 4.98 Å². The number of rotatable bonds is 4. The van der Waals surface area contributed by atoms with Crippen LogP contribution in [0.1, 0.15) is 10.7 Å². The summed E-state index contributed by atoms with van der Waals surface area (Å²) in [5.41, 5.74) is -0.859. The lowest BCUT2D eigenvalue weighted by Crippen LogP contribution is -2.31. The van der Waals surface area contributed by atoms with Gasteiger partial charge in [0.2, 0.25) is 5.82 Å². The van der Waals surface area contributed by atoms with E-state index >= 15 is 0 Å². The Kier molecular flexibility index (Phi) is 3.93. The molecule has 0 saturated heterocycles. The number of aromatic nitrogens is 3. The maximum Gasteiger partial charge on any atom is 0.328 e. The Morgan fingerprint density at radius 1 is 1.50 bits per heavy atom. The van der Waals surface area contributed by atoms with Gasteiger partial charge in [-0.25, -0.2) is 9.78 Å². The average molecular weight is 290 g/mol. The Hall–Kier alpha value is -1.47. The van der Waals surface area contributed by atoms with Gasteiger partial charge in [0.05, 0.1) is 22.8 Å². The van der Waals surface area contributed by atoms with E-state index < -0.39 is 17.1 Å². The molecule has 5 nitrogen and oxygen atoms in total. The van der Waals surface area contributed by atoms with Crippen LogP contribution in [0.5, 0.6) is 0 Å². The highest BCUT2D eigenvalue weighted by molar-refractivity contribution is 7.09. The molecular weight excluding hydrogens is 281 g/mol. The third-order valence-electron chi connectivity index (χ3n) is 2.27. The van der Waals surface area contributed by atoms with Crippen molar-refractivity contribution in [1.82, 2.24) is 14.5 Å². The first kappa shape index (κ1) is 13.0. The molecule has 0 bridgehead atoms. The van der Waals surface area contributed by atoms with Gasteiger partial charge in [-0.15, -0.1) is 22.9 Å². The summed E-state index contributed by atoms with van der Waals surface area (Å²) in [6.07, 6.45) is 1.38. The van der Waals surface area contributed by atoms with Crippen LogP contribution >= 0.6 is 22.9 Å². The van der Waals surface area contributed by atoms with Gasteiger partial charge >= 0.3 is 5.69 Å². The number of hydrogen-bond donors (Lipinski definition) is 1. The van der Waals surface area contributed by atoms with Crippen molar-refractivity contribution < 1.29 is 4.39 Å². The van der Waals surface area contributed by atoms with Crippen molar-refractivity contribution in [2.45, 2.75) is 18.8 Å². The summed E-state index contributed by atoms with van der Waals surface area (Å²) in [5.74, 6) is -0.640. The van der Waals surface area contributed by atoms with Crippen molar-refractivity contribution in [3.63, 3.8) is 0 Å². The zero-order valence-corrected chi connectivity index (χ0v) is 10.7. The van der Waals surface area contributed by atoms with E-state index in [4.69, 9.17) is 11.6 Å². The van der Waals surface area contributed by atoms with Crippen LogP contribution < -0.4 is 11.2 Å². The first-order chi connectivity index (χ1) is 8.60. The molecule has 0 radical (unpaired) electrons. The highest BCUT2D eigenvalue weighted by Gasteiger charge is 2.05. The summed E-state index contributed by atoms with van der Waals surface area (Å²) in [6, 6.07) is 0. The topological polar surface area (TPSA) is 67.8 Å². The third kappa shape index (κ3) is 2.85. The summed E-state index contributed by atoms with van der Waals surface area (Å²) < 4.78 is 14.1. The molecule has 0 amide bonds. The highest BCUT2D eigenvalue weighted by Crippen LogP contribution is 2.12. The lowest BCUT2D eigenvalue weighted by atomic mass is 10.4. The third-order valence-corrected chi connectivity index (χ3v) is 3.50. The molecule has 0 unspecified atom stereocenters. The minimum Gasteiger partial charge on any atom is -0.297 e. The molecule has 2 aromatic heterocycles. The summed E-state index contributed by atoms with van der Waals surface area (Å²) >= 11 is 7.05. The van der Waals surface area contributed by atoms with Gasteiger partial charge in [0.15, 0.2) is 0 Å². The van der Waals surface area contributed by atoms with Gasteiger partial charge in [0.25, 0.3) is 5.56 Å². The number of hydrogen-bond acceptors (Lipinski definition) is 4. The molecule has 2 rings (SSSR count). The lowest BCUT2D eigenvalue weighted by molar-refractivity contribution is 0.549. The number of nitrogens with one attached hydrogen (secondary N) is 1. The molecule has 0 aromatic carbocycles. The molecule has 0 atom stereocenters. The first-order valence-electron chi connectivity index (χ1n) is 5.08. The smallest absolute Gasteiger partial charge is 0.297 e. The SMILES string of the molecule is O=c1[nH]c(=O)n(CCc2nc(CCl)cs2)cc1F. The van der Waals surface area contributed by atoms with Crippen LogP contribution in [-0.4, -0.2) is 14.5 Å². The normalized spacial score (nSPS) is 10.8. The van der Waals surface area contributed by atoms with Crippen LogP contribution in [0.3, 0.4) is 0 Å². The molecule has 8 heteroatoms. The molecule has 0 aliphatic heterocycles. The van der Waals surface area contributed by atoms with Crippen LogP contribution in [0.4, 0.5) is 4.39 Å². The van der Waals surface area contributed by atoms with E-state index in [9.17, 15) is 14.0 Å². The van der Waals surface area contributed by atoms with Gasteiger partial charge in [-0.05, 0) is 0 Å². The molecule has 1 N–H and O–H groups in total. The van der Waals surface area contributed by atoms with Gasteiger partial charge in [-0.3, -0.25) is 14.3 Å². The summed E-state index contributed by atoms with van der Waals surface area (Å²) in [7, 11) is 0. The van der Waals surface area contributed by atoms with Crippen molar-refractivity contribution in [3.05, 3.63) is 48.9 Å². The molecule has 2 heterocycles. The zero-order chi connectivity index (χ0) is 13.1. The fourth-order valence-corrected chi connectivity index (χ4v) is 2.41. The summed E-state index contributed by atoms with van der Waals surface area (Å²) in [6.45, 7) is 0.252. The minimum absolute atomic E-state index is 0.252. The van der Waals surface area contributed by atoms with Crippen molar-refractivity contribution in [2.24, 2.45) is 0 Å². The van der Waals surface area contributed by atoms with Crippen molar-refractivity contribution in [2.75, 3.05) is 0 Å². The van der Waals surface area contributed by atoms with Crippen molar-refractivity contribution in [3.8, 4) is 0 Å². The van der Waals surface area contributed by atoms with Crippen LogP contribution in [0.25, 0.3) is 0 Å². The van der Waals surface area contributed by atoms with Crippen molar-refractivity contribution >= 4 is 22.9 Å².